The molecule has 12 nitrogen and oxygen atoms in total. The summed E-state index contributed by atoms with van der Waals surface area (Å²) in [6, 6.07) is 59.0. The topological polar surface area (TPSA) is 132 Å². The Labute approximate surface area is 488 Å². The molecule has 0 bridgehead atoms. The zero-order chi connectivity index (χ0) is 58.2. The minimum atomic E-state index is -4.86. The quantitative estimate of drug-likeness (QED) is 0.0361. The van der Waals surface area contributed by atoms with Crippen LogP contribution in [0.1, 0.15) is 111 Å². The predicted molar refractivity (Wildman–Crippen MR) is 313 cm³/mol. The third-order valence-electron chi connectivity index (χ3n) is 14.5. The molecule has 8 atom stereocenters. The first-order chi connectivity index (χ1) is 40.6. The number of carbonyl (C=O) groups is 2. The Balaban J connectivity index is 1.13. The summed E-state index contributed by atoms with van der Waals surface area (Å²) in [6.45, 7) is 3.76. The van der Waals surface area contributed by atoms with Gasteiger partial charge in [-0.3, -0.25) is 9.59 Å². The molecule has 6 aromatic rings. The Morgan fingerprint density at radius 2 is 0.904 bits per heavy atom. The summed E-state index contributed by atoms with van der Waals surface area (Å²) >= 11 is 0. The second-order valence-corrected chi connectivity index (χ2v) is 21.0. The van der Waals surface area contributed by atoms with Gasteiger partial charge in [-0.2, -0.15) is 13.2 Å². The first-order valence-corrected chi connectivity index (χ1v) is 29.4. The molecule has 0 radical (unpaired) electrons. The molecule has 1 aliphatic heterocycles. The van der Waals surface area contributed by atoms with Crippen molar-refractivity contribution < 1.29 is 60.7 Å². The molecule has 0 spiro atoms. The van der Waals surface area contributed by atoms with E-state index in [1.807, 2.05) is 194 Å². The maximum Gasteiger partial charge on any atom is 0.471 e. The van der Waals surface area contributed by atoms with Gasteiger partial charge in [0.1, 0.15) is 30.5 Å². The highest BCUT2D eigenvalue weighted by Gasteiger charge is 2.50. The van der Waals surface area contributed by atoms with E-state index in [1.54, 1.807) is 0 Å². The highest BCUT2D eigenvalue weighted by molar-refractivity contribution is 5.81. The van der Waals surface area contributed by atoms with Crippen molar-refractivity contribution in [3.05, 3.63) is 215 Å². The second kappa shape index (κ2) is 36.4. The van der Waals surface area contributed by atoms with Crippen LogP contribution < -0.4 is 10.6 Å². The number of halogens is 3. The number of amides is 2. The Bertz CT molecular complexity index is 2660. The molecular weight excluding hydrogens is 1060 g/mol. The van der Waals surface area contributed by atoms with Gasteiger partial charge in [0.25, 0.3) is 0 Å². The number of alkyl halides is 3. The minimum Gasteiger partial charge on any atom is -0.374 e. The van der Waals surface area contributed by atoms with Crippen molar-refractivity contribution in [2.75, 3.05) is 19.8 Å². The summed E-state index contributed by atoms with van der Waals surface area (Å²) in [4.78, 5) is 25.5. The first-order valence-electron chi connectivity index (χ1n) is 29.4. The molecule has 2 unspecified atom stereocenters. The number of nitrogens with one attached hydrogen (secondary N) is 2. The molecule has 1 heterocycles. The third kappa shape index (κ3) is 23.4. The van der Waals surface area contributed by atoms with Crippen LogP contribution >= 0.6 is 0 Å². The Kier molecular flexibility index (Phi) is 28.2. The van der Waals surface area contributed by atoms with Gasteiger partial charge in [0.15, 0.2) is 6.29 Å². The highest BCUT2D eigenvalue weighted by Crippen LogP contribution is 2.33. The van der Waals surface area contributed by atoms with Gasteiger partial charge in [-0.1, -0.05) is 234 Å². The lowest BCUT2D eigenvalue weighted by Crippen LogP contribution is -2.62. The van der Waals surface area contributed by atoms with E-state index >= 15 is 0 Å². The van der Waals surface area contributed by atoms with Crippen molar-refractivity contribution in [1.82, 2.24) is 10.6 Å². The van der Waals surface area contributed by atoms with Crippen LogP contribution in [0.15, 0.2) is 182 Å². The van der Waals surface area contributed by atoms with Gasteiger partial charge in [0.2, 0.25) is 5.91 Å². The van der Waals surface area contributed by atoms with Gasteiger partial charge in [-0.15, -0.1) is 0 Å². The van der Waals surface area contributed by atoms with Gasteiger partial charge in [-0.05, 0) is 52.6 Å². The molecule has 0 aliphatic carbocycles. The average Bonchev–Trinajstić information content (AvgIpc) is 3.48. The fourth-order valence-corrected chi connectivity index (χ4v) is 10.00. The molecule has 0 aromatic heterocycles. The van der Waals surface area contributed by atoms with Crippen LogP contribution in [0.3, 0.4) is 0 Å². The third-order valence-corrected chi connectivity index (χ3v) is 14.5. The summed E-state index contributed by atoms with van der Waals surface area (Å²) in [5, 5.41) is 5.30. The lowest BCUT2D eigenvalue weighted by Gasteiger charge is -2.46. The van der Waals surface area contributed by atoms with Crippen molar-refractivity contribution in [2.45, 2.75) is 172 Å². The number of ether oxygens (including phenoxy) is 8. The van der Waals surface area contributed by atoms with E-state index in [2.05, 4.69) is 5.32 Å². The van der Waals surface area contributed by atoms with Gasteiger partial charge >= 0.3 is 12.1 Å². The number of carbonyl (C=O) groups excluding carboxylic acids is 2. The van der Waals surface area contributed by atoms with E-state index in [0.29, 0.717) is 32.5 Å². The van der Waals surface area contributed by atoms with Crippen LogP contribution in [-0.2, 0) is 87.1 Å². The van der Waals surface area contributed by atoms with E-state index in [1.165, 1.54) is 0 Å². The average molecular weight is 1150 g/mol. The van der Waals surface area contributed by atoms with Gasteiger partial charge in [-0.25, -0.2) is 0 Å². The monoisotopic (exact) mass is 1140 g/mol. The van der Waals surface area contributed by atoms with Crippen LogP contribution in [0.2, 0.25) is 0 Å². The van der Waals surface area contributed by atoms with E-state index < -0.39 is 61.0 Å². The van der Waals surface area contributed by atoms with Crippen LogP contribution in [0.25, 0.3) is 0 Å². The Morgan fingerprint density at radius 3 is 1.37 bits per heavy atom. The van der Waals surface area contributed by atoms with Crippen molar-refractivity contribution in [2.24, 2.45) is 0 Å². The molecule has 1 saturated heterocycles. The SMILES string of the molecule is CC[C@@H](OCc1ccccc1)[C@@H](OCc1ccccc1)[C@H](CO[C@H]1OC(COCc2ccccc2)[C@H](OCc2ccccc2)[C@H](OCc2ccccc2)C1OCc1ccccc1)NC(=O)CCCCCCCCCCCNC(=O)C(F)(F)F. The van der Waals surface area contributed by atoms with E-state index in [-0.39, 0.29) is 58.5 Å². The van der Waals surface area contributed by atoms with Crippen molar-refractivity contribution in [3.8, 4) is 0 Å². The van der Waals surface area contributed by atoms with Gasteiger partial charge in [0, 0.05) is 13.0 Å². The lowest BCUT2D eigenvalue weighted by molar-refractivity contribution is -0.330. The maximum atomic E-state index is 14.4. The number of unbranched alkanes of at least 4 members (excludes halogenated alkanes) is 8. The molecule has 2 N–H and O–H groups in total. The van der Waals surface area contributed by atoms with E-state index in [0.717, 1.165) is 78.3 Å². The van der Waals surface area contributed by atoms with Crippen LogP contribution in [0, 0.1) is 0 Å². The summed E-state index contributed by atoms with van der Waals surface area (Å²) < 4.78 is 92.8. The van der Waals surface area contributed by atoms with Crippen LogP contribution in [0.4, 0.5) is 13.2 Å². The predicted octanol–water partition coefficient (Wildman–Crippen LogP) is 13.3. The largest absolute Gasteiger partial charge is 0.471 e. The molecule has 83 heavy (non-hydrogen) atoms. The standard InChI is InChI=1S/C68H83F3N2O10/c1-2-59(77-45-53-32-18-11-19-33-53)62(78-46-54-34-20-12-21-35-54)58(73-61(74)42-28-8-6-4-3-5-7-9-29-43-72-67(75)68(69,70)71)50-82-66-65(81-49-57-40-26-15-27-41-57)64(80-48-56-38-24-14-25-39-56)63(79-47-55-36-22-13-23-37-55)60(83-66)51-76-44-52-30-16-10-17-31-52/h10-27,30-41,58-60,62-66H,2-9,28-29,42-51H2,1H3,(H,72,75)(H,73,74)/t58-,59+,60?,62-,63-,64-,65?,66-/m0/s1. The molecular formula is C68H83F3N2O10. The molecule has 7 rings (SSSR count). The van der Waals surface area contributed by atoms with Crippen LogP contribution in [-0.4, -0.2) is 86.7 Å². The molecule has 0 saturated carbocycles. The molecule has 2 amide bonds. The fraction of sp³-hybridized carbons (Fsp3) is 0.441. The normalized spacial score (nSPS) is 18.2. The molecule has 6 aromatic carbocycles. The second-order valence-electron chi connectivity index (χ2n) is 21.0. The zero-order valence-electron chi connectivity index (χ0n) is 47.8. The minimum absolute atomic E-state index is 0.00660. The maximum absolute atomic E-state index is 14.4. The van der Waals surface area contributed by atoms with Crippen molar-refractivity contribution in [3.63, 3.8) is 0 Å². The Morgan fingerprint density at radius 1 is 0.494 bits per heavy atom. The first kappa shape index (κ1) is 64.3. The van der Waals surface area contributed by atoms with E-state index in [4.69, 9.17) is 37.9 Å². The highest BCUT2D eigenvalue weighted by atomic mass is 19.4. The van der Waals surface area contributed by atoms with Gasteiger partial charge < -0.3 is 48.5 Å². The summed E-state index contributed by atoms with van der Waals surface area (Å²) in [7, 11) is 0. The number of hydrogen-bond donors (Lipinski definition) is 2. The Hall–Kier alpha value is -6.27. The number of rotatable bonds is 38. The fourth-order valence-electron chi connectivity index (χ4n) is 10.00. The number of benzene rings is 6. The van der Waals surface area contributed by atoms with Crippen molar-refractivity contribution >= 4 is 11.8 Å². The van der Waals surface area contributed by atoms with E-state index in [9.17, 15) is 22.8 Å². The lowest BCUT2D eigenvalue weighted by atomic mass is 9.97. The summed E-state index contributed by atoms with van der Waals surface area (Å²) in [5.41, 5.74) is 5.84. The van der Waals surface area contributed by atoms with Crippen molar-refractivity contribution in [1.29, 1.82) is 0 Å². The summed E-state index contributed by atoms with van der Waals surface area (Å²) in [5.74, 6) is -2.06. The zero-order valence-corrected chi connectivity index (χ0v) is 47.8. The summed E-state index contributed by atoms with van der Waals surface area (Å²) in [6.07, 6.45) is -1.87. The molecule has 1 aliphatic rings. The molecule has 15 heteroatoms. The van der Waals surface area contributed by atoms with Crippen LogP contribution in [0.5, 0.6) is 0 Å². The molecule has 446 valence electrons. The molecule has 1 fully saturated rings. The smallest absolute Gasteiger partial charge is 0.374 e. The number of hydrogen-bond acceptors (Lipinski definition) is 10. The van der Waals surface area contributed by atoms with Gasteiger partial charge in [0.05, 0.1) is 65.0 Å².